The molecule has 0 aromatic heterocycles. The number of amides is 2. The number of carbonyl (C=O) groups excluding carboxylic acids is 2. The van der Waals surface area contributed by atoms with Gasteiger partial charge in [-0.1, -0.05) is 76.2 Å². The first-order chi connectivity index (χ1) is 16.8. The zero-order valence-electron chi connectivity index (χ0n) is 21.2. The number of hydrogen-bond acceptors (Lipinski definition) is 4. The number of halogens is 1. The Labute approximate surface area is 219 Å². The number of rotatable bonds is 8. The molecular formula is C27H34ClN3O4S. The maximum Gasteiger partial charge on any atom is 0.243 e. The molecule has 3 rings (SSSR count). The minimum absolute atomic E-state index is 0.0509. The van der Waals surface area contributed by atoms with Gasteiger partial charge in [0.15, 0.2) is 0 Å². The standard InChI is InChI=1S/C27H34ClN3O4S/c1-6-23(32)30-25-26(2,3)17-31(18-27(25,4)5)36(34,35)20-13-14-22(21(28)16-20)29-24(33)15-12-19-10-8-7-9-11-19/h6-11,13-14,16,25H,1,12,15,17-18H2,2-5H3,(H,29,33)(H,30,32). The molecule has 1 heterocycles. The summed E-state index contributed by atoms with van der Waals surface area (Å²) in [6.07, 6.45) is 2.09. The Hall–Kier alpha value is -2.68. The first kappa shape index (κ1) is 27.9. The molecule has 0 aliphatic carbocycles. The van der Waals surface area contributed by atoms with Crippen molar-refractivity contribution >= 4 is 39.1 Å². The lowest BCUT2D eigenvalue weighted by Crippen LogP contribution is -2.64. The molecule has 0 unspecified atom stereocenters. The van der Waals surface area contributed by atoms with Gasteiger partial charge in [-0.15, -0.1) is 0 Å². The SMILES string of the molecule is C=CC(=O)NC1C(C)(C)CN(S(=O)(=O)c2ccc(NC(=O)CCc3ccccc3)c(Cl)c2)CC1(C)C. The van der Waals surface area contributed by atoms with Gasteiger partial charge in [-0.05, 0) is 47.1 Å². The largest absolute Gasteiger partial charge is 0.349 e. The molecule has 0 bridgehead atoms. The van der Waals surface area contributed by atoms with Crippen molar-refractivity contribution < 1.29 is 18.0 Å². The maximum absolute atomic E-state index is 13.6. The molecule has 0 radical (unpaired) electrons. The molecule has 9 heteroatoms. The normalized spacial score (nSPS) is 17.8. The summed E-state index contributed by atoms with van der Waals surface area (Å²) in [5.41, 5.74) is 0.340. The van der Waals surface area contributed by atoms with Crippen LogP contribution in [0.1, 0.15) is 39.7 Å². The van der Waals surface area contributed by atoms with E-state index < -0.39 is 20.9 Å². The van der Waals surface area contributed by atoms with Gasteiger partial charge in [-0.3, -0.25) is 9.59 Å². The number of hydrogen-bond donors (Lipinski definition) is 2. The van der Waals surface area contributed by atoms with Crippen LogP contribution in [0.2, 0.25) is 5.02 Å². The molecule has 1 aliphatic rings. The van der Waals surface area contributed by atoms with E-state index in [9.17, 15) is 18.0 Å². The van der Waals surface area contributed by atoms with Crippen LogP contribution >= 0.6 is 11.6 Å². The molecular weight excluding hydrogens is 498 g/mol. The topological polar surface area (TPSA) is 95.6 Å². The predicted octanol–water partition coefficient (Wildman–Crippen LogP) is 4.64. The summed E-state index contributed by atoms with van der Waals surface area (Å²) in [4.78, 5) is 24.5. The minimum atomic E-state index is -3.87. The van der Waals surface area contributed by atoms with Gasteiger partial charge < -0.3 is 10.6 Å². The summed E-state index contributed by atoms with van der Waals surface area (Å²) in [6.45, 7) is 11.7. The van der Waals surface area contributed by atoms with E-state index in [0.717, 1.165) is 5.56 Å². The van der Waals surface area contributed by atoms with Gasteiger partial charge >= 0.3 is 0 Å². The van der Waals surface area contributed by atoms with E-state index in [1.54, 1.807) is 0 Å². The summed E-state index contributed by atoms with van der Waals surface area (Å²) in [5, 5.41) is 5.89. The third-order valence-corrected chi connectivity index (χ3v) is 8.64. The number of nitrogens with zero attached hydrogens (tertiary/aromatic N) is 1. The van der Waals surface area contributed by atoms with Gasteiger partial charge in [0, 0.05) is 25.6 Å². The van der Waals surface area contributed by atoms with E-state index in [0.29, 0.717) is 12.1 Å². The van der Waals surface area contributed by atoms with Crippen LogP contribution in [0.5, 0.6) is 0 Å². The van der Waals surface area contributed by atoms with E-state index in [2.05, 4.69) is 17.2 Å². The predicted molar refractivity (Wildman–Crippen MR) is 143 cm³/mol. The van der Waals surface area contributed by atoms with Crippen molar-refractivity contribution in [3.63, 3.8) is 0 Å². The molecule has 2 N–H and O–H groups in total. The molecule has 0 atom stereocenters. The van der Waals surface area contributed by atoms with Gasteiger partial charge in [0.05, 0.1) is 15.6 Å². The van der Waals surface area contributed by atoms with Crippen LogP contribution in [0.3, 0.4) is 0 Å². The third kappa shape index (κ3) is 6.35. The van der Waals surface area contributed by atoms with Crippen LogP contribution in [0.15, 0.2) is 66.1 Å². The molecule has 2 aromatic rings. The van der Waals surface area contributed by atoms with Crippen LogP contribution in [-0.2, 0) is 26.0 Å². The summed E-state index contributed by atoms with van der Waals surface area (Å²) >= 11 is 6.39. The van der Waals surface area contributed by atoms with Crippen molar-refractivity contribution in [2.75, 3.05) is 18.4 Å². The van der Waals surface area contributed by atoms with E-state index in [4.69, 9.17) is 11.6 Å². The molecule has 2 amide bonds. The average molecular weight is 532 g/mol. The smallest absolute Gasteiger partial charge is 0.243 e. The molecule has 194 valence electrons. The third-order valence-electron chi connectivity index (χ3n) is 6.54. The number of nitrogens with one attached hydrogen (secondary N) is 2. The van der Waals surface area contributed by atoms with Crippen molar-refractivity contribution in [2.24, 2.45) is 10.8 Å². The van der Waals surface area contributed by atoms with Gasteiger partial charge in [-0.25, -0.2) is 8.42 Å². The zero-order valence-corrected chi connectivity index (χ0v) is 22.7. The highest BCUT2D eigenvalue weighted by Crippen LogP contribution is 2.42. The fraction of sp³-hybridized carbons (Fsp3) is 0.407. The molecule has 36 heavy (non-hydrogen) atoms. The van der Waals surface area contributed by atoms with E-state index >= 15 is 0 Å². The van der Waals surface area contributed by atoms with Crippen molar-refractivity contribution in [3.05, 3.63) is 71.8 Å². The number of piperidine rings is 1. The molecule has 1 aliphatic heterocycles. The Morgan fingerprint density at radius 3 is 2.25 bits per heavy atom. The van der Waals surface area contributed by atoms with Crippen molar-refractivity contribution in [3.8, 4) is 0 Å². The minimum Gasteiger partial charge on any atom is -0.349 e. The van der Waals surface area contributed by atoms with E-state index in [1.165, 1.54) is 28.6 Å². The van der Waals surface area contributed by atoms with Crippen LogP contribution in [0.4, 0.5) is 5.69 Å². The van der Waals surface area contributed by atoms with Crippen LogP contribution in [0, 0.1) is 10.8 Å². The molecule has 7 nitrogen and oxygen atoms in total. The van der Waals surface area contributed by atoms with E-state index in [1.807, 2.05) is 58.0 Å². The molecule has 2 aromatic carbocycles. The lowest BCUT2D eigenvalue weighted by atomic mass is 9.67. The van der Waals surface area contributed by atoms with Gasteiger partial charge in [0.25, 0.3) is 0 Å². The van der Waals surface area contributed by atoms with Crippen LogP contribution in [-0.4, -0.2) is 43.7 Å². The Balaban J connectivity index is 1.74. The quantitative estimate of drug-likeness (QED) is 0.485. The number of benzene rings is 2. The fourth-order valence-electron chi connectivity index (χ4n) is 4.99. The molecule has 0 saturated carbocycles. The Bertz CT molecular complexity index is 1220. The number of anilines is 1. The second-order valence-electron chi connectivity index (χ2n) is 10.6. The van der Waals surface area contributed by atoms with Crippen LogP contribution in [0.25, 0.3) is 0 Å². The van der Waals surface area contributed by atoms with Crippen molar-refractivity contribution in [2.45, 2.75) is 51.5 Å². The monoisotopic (exact) mass is 531 g/mol. The van der Waals surface area contributed by atoms with Crippen LogP contribution < -0.4 is 10.6 Å². The lowest BCUT2D eigenvalue weighted by Gasteiger charge is -2.52. The number of carbonyl (C=O) groups is 2. The fourth-order valence-corrected chi connectivity index (χ4v) is 7.09. The summed E-state index contributed by atoms with van der Waals surface area (Å²) in [5.74, 6) is -0.492. The molecule has 1 fully saturated rings. The highest BCUT2D eigenvalue weighted by atomic mass is 35.5. The summed E-state index contributed by atoms with van der Waals surface area (Å²) in [6, 6.07) is 13.8. The summed E-state index contributed by atoms with van der Waals surface area (Å²) in [7, 11) is -3.87. The first-order valence-electron chi connectivity index (χ1n) is 11.8. The Morgan fingerprint density at radius 2 is 1.69 bits per heavy atom. The van der Waals surface area contributed by atoms with Gasteiger partial charge in [0.1, 0.15) is 0 Å². The lowest BCUT2D eigenvalue weighted by molar-refractivity contribution is -0.120. The number of aryl methyl sites for hydroxylation is 1. The summed E-state index contributed by atoms with van der Waals surface area (Å²) < 4.78 is 28.6. The number of sulfonamides is 1. The zero-order chi connectivity index (χ0) is 26.7. The highest BCUT2D eigenvalue weighted by Gasteiger charge is 2.50. The molecule has 1 saturated heterocycles. The van der Waals surface area contributed by atoms with Crippen molar-refractivity contribution in [1.29, 1.82) is 0 Å². The Morgan fingerprint density at radius 1 is 1.08 bits per heavy atom. The Kier molecular flexibility index (Phi) is 8.33. The second-order valence-corrected chi connectivity index (χ2v) is 12.9. The second kappa shape index (κ2) is 10.7. The first-order valence-corrected chi connectivity index (χ1v) is 13.6. The van der Waals surface area contributed by atoms with Gasteiger partial charge in [-0.2, -0.15) is 4.31 Å². The van der Waals surface area contributed by atoms with E-state index in [-0.39, 0.29) is 47.3 Å². The average Bonchev–Trinajstić information content (AvgIpc) is 2.81. The van der Waals surface area contributed by atoms with Crippen molar-refractivity contribution in [1.82, 2.24) is 9.62 Å². The highest BCUT2D eigenvalue weighted by molar-refractivity contribution is 7.89. The molecule has 0 spiro atoms. The van der Waals surface area contributed by atoms with Gasteiger partial charge in [0.2, 0.25) is 21.8 Å². The maximum atomic E-state index is 13.6.